The van der Waals surface area contributed by atoms with Crippen molar-refractivity contribution in [3.8, 4) is 23.0 Å². The second kappa shape index (κ2) is 7.67. The summed E-state index contributed by atoms with van der Waals surface area (Å²) in [6.07, 6.45) is 0. The van der Waals surface area contributed by atoms with Crippen molar-refractivity contribution in [3.05, 3.63) is 71.8 Å². The zero-order valence-corrected chi connectivity index (χ0v) is 16.4. The minimum atomic E-state index is -0.286. The minimum absolute atomic E-state index is 0.286. The van der Waals surface area contributed by atoms with Gasteiger partial charge >= 0.3 is 0 Å². The molecule has 4 aromatic rings. The van der Waals surface area contributed by atoms with Crippen molar-refractivity contribution in [2.45, 2.75) is 6.92 Å². The van der Waals surface area contributed by atoms with E-state index in [0.29, 0.717) is 39.7 Å². The topological polar surface area (TPSA) is 73.6 Å². The van der Waals surface area contributed by atoms with E-state index in [-0.39, 0.29) is 5.91 Å². The van der Waals surface area contributed by atoms with Crippen LogP contribution in [0.4, 0.5) is 5.69 Å². The number of ether oxygens (including phenoxy) is 2. The molecule has 3 aromatic carbocycles. The van der Waals surface area contributed by atoms with E-state index in [2.05, 4.69) is 10.3 Å². The summed E-state index contributed by atoms with van der Waals surface area (Å²) in [5.74, 6) is 1.31. The van der Waals surface area contributed by atoms with Crippen LogP contribution in [-0.2, 0) is 0 Å². The number of rotatable bonds is 5. The Labute approximate surface area is 168 Å². The maximum Gasteiger partial charge on any atom is 0.259 e. The lowest BCUT2D eigenvalue weighted by Gasteiger charge is -2.10. The molecule has 29 heavy (non-hydrogen) atoms. The zero-order valence-electron chi connectivity index (χ0n) is 16.4. The number of carbonyl (C=O) groups excluding carboxylic acids is 1. The Morgan fingerprint density at radius 2 is 1.86 bits per heavy atom. The van der Waals surface area contributed by atoms with Gasteiger partial charge in [-0.1, -0.05) is 17.7 Å². The first-order chi connectivity index (χ1) is 14.1. The molecule has 4 rings (SSSR count). The number of benzene rings is 3. The number of carbonyl (C=O) groups is 1. The number of fused-ring (bicyclic) bond motifs is 1. The van der Waals surface area contributed by atoms with E-state index in [9.17, 15) is 4.79 Å². The number of hydrogen-bond donors (Lipinski definition) is 1. The van der Waals surface area contributed by atoms with Gasteiger partial charge in [-0.05, 0) is 49.4 Å². The van der Waals surface area contributed by atoms with E-state index < -0.39 is 0 Å². The van der Waals surface area contributed by atoms with Gasteiger partial charge in [-0.3, -0.25) is 4.79 Å². The highest BCUT2D eigenvalue weighted by atomic mass is 16.5. The highest BCUT2D eigenvalue weighted by Gasteiger charge is 2.15. The average molecular weight is 388 g/mol. The van der Waals surface area contributed by atoms with Crippen LogP contribution in [0.5, 0.6) is 11.5 Å². The van der Waals surface area contributed by atoms with Gasteiger partial charge in [0.15, 0.2) is 5.58 Å². The van der Waals surface area contributed by atoms with Crippen LogP contribution in [0.3, 0.4) is 0 Å². The molecule has 1 amide bonds. The SMILES string of the molecule is COc1ccc(C(=O)Nc2ccc3oc(-c4cccc(C)c4)nc3c2)c(OC)c1. The number of anilines is 1. The number of hydrogen-bond acceptors (Lipinski definition) is 5. The summed E-state index contributed by atoms with van der Waals surface area (Å²) in [4.78, 5) is 17.3. The lowest BCUT2D eigenvalue weighted by atomic mass is 10.1. The number of methoxy groups -OCH3 is 2. The summed E-state index contributed by atoms with van der Waals surface area (Å²) in [6, 6.07) is 18.4. The van der Waals surface area contributed by atoms with Crippen LogP contribution in [0.25, 0.3) is 22.6 Å². The molecule has 0 radical (unpaired) electrons. The molecule has 1 N–H and O–H groups in total. The quantitative estimate of drug-likeness (QED) is 0.516. The van der Waals surface area contributed by atoms with E-state index in [0.717, 1.165) is 11.1 Å². The molecule has 0 atom stereocenters. The van der Waals surface area contributed by atoms with Crippen molar-refractivity contribution in [2.24, 2.45) is 0 Å². The predicted molar refractivity (Wildman–Crippen MR) is 112 cm³/mol. The molecule has 146 valence electrons. The molecule has 1 aromatic heterocycles. The molecule has 0 spiro atoms. The summed E-state index contributed by atoms with van der Waals surface area (Å²) in [7, 11) is 3.08. The van der Waals surface area contributed by atoms with Crippen molar-refractivity contribution >= 4 is 22.7 Å². The van der Waals surface area contributed by atoms with E-state index in [1.54, 1.807) is 43.5 Å². The highest BCUT2D eigenvalue weighted by Crippen LogP contribution is 2.28. The molecule has 0 saturated carbocycles. The Balaban J connectivity index is 1.61. The molecule has 6 nitrogen and oxygen atoms in total. The van der Waals surface area contributed by atoms with Crippen molar-refractivity contribution in [2.75, 3.05) is 19.5 Å². The fraction of sp³-hybridized carbons (Fsp3) is 0.130. The number of nitrogens with one attached hydrogen (secondary N) is 1. The minimum Gasteiger partial charge on any atom is -0.497 e. The monoisotopic (exact) mass is 388 g/mol. The Morgan fingerprint density at radius 3 is 2.62 bits per heavy atom. The first-order valence-corrected chi connectivity index (χ1v) is 9.08. The standard InChI is InChI=1S/C23H20N2O4/c1-14-5-4-6-15(11-14)23-25-19-12-16(7-10-20(19)29-23)24-22(26)18-9-8-17(27-2)13-21(18)28-3/h4-13H,1-3H3,(H,24,26). The van der Waals surface area contributed by atoms with Crippen molar-refractivity contribution in [1.29, 1.82) is 0 Å². The van der Waals surface area contributed by atoms with Crippen molar-refractivity contribution in [1.82, 2.24) is 4.98 Å². The van der Waals surface area contributed by atoms with Gasteiger partial charge in [-0.2, -0.15) is 0 Å². The van der Waals surface area contributed by atoms with Crippen LogP contribution < -0.4 is 14.8 Å². The van der Waals surface area contributed by atoms with Gasteiger partial charge in [0, 0.05) is 17.3 Å². The summed E-state index contributed by atoms with van der Waals surface area (Å²) >= 11 is 0. The molecular formula is C23H20N2O4. The van der Waals surface area contributed by atoms with E-state index in [1.807, 2.05) is 31.2 Å². The maximum atomic E-state index is 12.7. The van der Waals surface area contributed by atoms with Crippen molar-refractivity contribution in [3.63, 3.8) is 0 Å². The fourth-order valence-corrected chi connectivity index (χ4v) is 3.09. The first kappa shape index (κ1) is 18.6. The molecule has 0 unspecified atom stereocenters. The van der Waals surface area contributed by atoms with E-state index >= 15 is 0 Å². The van der Waals surface area contributed by atoms with Crippen LogP contribution >= 0.6 is 0 Å². The Morgan fingerprint density at radius 1 is 1.00 bits per heavy atom. The van der Waals surface area contributed by atoms with Gasteiger partial charge < -0.3 is 19.2 Å². The van der Waals surface area contributed by atoms with Crippen LogP contribution in [0, 0.1) is 6.92 Å². The number of aryl methyl sites for hydroxylation is 1. The van der Waals surface area contributed by atoms with Gasteiger partial charge in [0.2, 0.25) is 5.89 Å². The Kier molecular flexibility index (Phi) is 4.91. The third kappa shape index (κ3) is 3.78. The first-order valence-electron chi connectivity index (χ1n) is 9.08. The molecule has 0 saturated heterocycles. The predicted octanol–water partition coefficient (Wildman–Crippen LogP) is 5.07. The normalized spacial score (nSPS) is 10.7. The molecular weight excluding hydrogens is 368 g/mol. The number of amides is 1. The zero-order chi connectivity index (χ0) is 20.4. The largest absolute Gasteiger partial charge is 0.497 e. The molecule has 0 aliphatic carbocycles. The molecule has 0 aliphatic heterocycles. The third-order valence-electron chi connectivity index (χ3n) is 4.56. The van der Waals surface area contributed by atoms with Gasteiger partial charge in [-0.15, -0.1) is 0 Å². The van der Waals surface area contributed by atoms with E-state index in [4.69, 9.17) is 13.9 Å². The number of oxazole rings is 1. The highest BCUT2D eigenvalue weighted by molar-refractivity contribution is 6.06. The fourth-order valence-electron chi connectivity index (χ4n) is 3.09. The second-order valence-corrected chi connectivity index (χ2v) is 6.59. The van der Waals surface area contributed by atoms with Gasteiger partial charge in [0.25, 0.3) is 5.91 Å². The smallest absolute Gasteiger partial charge is 0.259 e. The lowest BCUT2D eigenvalue weighted by molar-refractivity contribution is 0.102. The second-order valence-electron chi connectivity index (χ2n) is 6.59. The molecule has 0 bridgehead atoms. The average Bonchev–Trinajstić information content (AvgIpc) is 3.16. The van der Waals surface area contributed by atoms with Gasteiger partial charge in [0.05, 0.1) is 19.8 Å². The van der Waals surface area contributed by atoms with Gasteiger partial charge in [-0.25, -0.2) is 4.98 Å². The van der Waals surface area contributed by atoms with Crippen LogP contribution in [0.1, 0.15) is 15.9 Å². The summed E-state index contributed by atoms with van der Waals surface area (Å²) in [6.45, 7) is 2.02. The molecule has 6 heteroatoms. The summed E-state index contributed by atoms with van der Waals surface area (Å²) < 4.78 is 16.3. The van der Waals surface area contributed by atoms with Crippen LogP contribution in [0.2, 0.25) is 0 Å². The van der Waals surface area contributed by atoms with Gasteiger partial charge in [0.1, 0.15) is 17.0 Å². The number of nitrogens with zero attached hydrogens (tertiary/aromatic N) is 1. The summed E-state index contributed by atoms with van der Waals surface area (Å²) in [5, 5.41) is 2.88. The van der Waals surface area contributed by atoms with Crippen molar-refractivity contribution < 1.29 is 18.7 Å². The van der Waals surface area contributed by atoms with Crippen LogP contribution in [-0.4, -0.2) is 25.1 Å². The molecule has 0 fully saturated rings. The third-order valence-corrected chi connectivity index (χ3v) is 4.56. The van der Waals surface area contributed by atoms with Crippen LogP contribution in [0.15, 0.2) is 65.1 Å². The summed E-state index contributed by atoms with van der Waals surface area (Å²) in [5.41, 5.74) is 4.39. The maximum absolute atomic E-state index is 12.7. The molecule has 1 heterocycles. The number of aromatic nitrogens is 1. The van der Waals surface area contributed by atoms with E-state index in [1.165, 1.54) is 7.11 Å². The Bertz CT molecular complexity index is 1200. The Hall–Kier alpha value is -3.80. The molecule has 0 aliphatic rings. The lowest BCUT2D eigenvalue weighted by Crippen LogP contribution is -2.13.